The van der Waals surface area contributed by atoms with Gasteiger partial charge in [-0.2, -0.15) is 26.3 Å². The van der Waals surface area contributed by atoms with Crippen molar-refractivity contribution in [2.75, 3.05) is 23.4 Å². The second-order valence-corrected chi connectivity index (χ2v) is 10.9. The summed E-state index contributed by atoms with van der Waals surface area (Å²) in [5.74, 6) is -3.27. The van der Waals surface area contributed by atoms with Crippen molar-refractivity contribution in [2.45, 2.75) is 43.1 Å². The average Bonchev–Trinajstić information content (AvgIpc) is 3.58. The molecule has 206 valence electrons. The van der Waals surface area contributed by atoms with Crippen LogP contribution >= 0.6 is 0 Å². The summed E-state index contributed by atoms with van der Waals surface area (Å²) in [6, 6.07) is 0.526. The number of carbonyl (C=O) groups is 1. The third-order valence-corrected chi connectivity index (χ3v) is 7.84. The van der Waals surface area contributed by atoms with Gasteiger partial charge in [-0.3, -0.25) is 14.2 Å². The molecule has 4 rings (SSSR count). The molecule has 1 saturated carbocycles. The molecule has 3 heterocycles. The largest absolute Gasteiger partial charge is 0.449 e. The third kappa shape index (κ3) is 4.48. The summed E-state index contributed by atoms with van der Waals surface area (Å²) < 4.78 is 108. The van der Waals surface area contributed by atoms with Crippen LogP contribution in [-0.4, -0.2) is 46.2 Å². The number of aryl methyl sites for hydroxylation is 1. The minimum atomic E-state index is -4.93. The number of amides is 1. The van der Waals surface area contributed by atoms with E-state index in [0.29, 0.717) is 20.1 Å². The minimum Gasteiger partial charge on any atom is -0.397 e. The number of halogens is 6. The number of anilines is 2. The molecule has 0 bridgehead atoms. The Kier molecular flexibility index (Phi) is 6.28. The molecule has 1 fully saturated rings. The van der Waals surface area contributed by atoms with E-state index in [1.807, 2.05) is 0 Å². The number of nitrogens with zero attached hydrogens (tertiary/aromatic N) is 5. The van der Waals surface area contributed by atoms with E-state index in [1.54, 1.807) is 0 Å². The molecular weight excluding hydrogens is 546 g/mol. The van der Waals surface area contributed by atoms with Crippen molar-refractivity contribution >= 4 is 38.3 Å². The molecule has 1 aliphatic rings. The number of rotatable bonds is 5. The lowest BCUT2D eigenvalue weighted by Gasteiger charge is -2.23. The van der Waals surface area contributed by atoms with Crippen molar-refractivity contribution in [1.82, 2.24) is 19.1 Å². The molecule has 0 aliphatic heterocycles. The molecule has 10 nitrogen and oxygen atoms in total. The van der Waals surface area contributed by atoms with Crippen molar-refractivity contribution in [2.24, 2.45) is 7.05 Å². The van der Waals surface area contributed by atoms with Crippen molar-refractivity contribution in [1.29, 1.82) is 0 Å². The van der Waals surface area contributed by atoms with Gasteiger partial charge in [0.25, 0.3) is 11.5 Å². The maximum atomic E-state index is 13.6. The number of carbonyl (C=O) groups excluding carboxylic acids is 1. The Bertz CT molecular complexity index is 1640. The maximum absolute atomic E-state index is 13.6. The van der Waals surface area contributed by atoms with Crippen LogP contribution in [0.3, 0.4) is 0 Å². The second kappa shape index (κ2) is 8.71. The van der Waals surface area contributed by atoms with Gasteiger partial charge < -0.3 is 15.2 Å². The minimum absolute atomic E-state index is 0.280. The number of imidazole rings is 1. The van der Waals surface area contributed by atoms with Crippen molar-refractivity contribution in [3.8, 4) is 0 Å². The monoisotopic (exact) mass is 566 g/mol. The predicted molar refractivity (Wildman–Crippen MR) is 122 cm³/mol. The summed E-state index contributed by atoms with van der Waals surface area (Å²) in [5.41, 5.74) is -0.00793. The fraction of sp³-hybridized carbons (Fsp3) is 0.429. The first-order valence-corrected chi connectivity index (χ1v) is 12.6. The zero-order valence-corrected chi connectivity index (χ0v) is 20.8. The van der Waals surface area contributed by atoms with E-state index in [9.17, 15) is 44.3 Å². The number of pyridine rings is 2. The maximum Gasteiger partial charge on any atom is 0.449 e. The Morgan fingerprint density at radius 1 is 1.13 bits per heavy atom. The Hall–Kier alpha value is -3.63. The molecule has 17 heteroatoms. The van der Waals surface area contributed by atoms with Crippen molar-refractivity contribution < 1.29 is 39.6 Å². The average molecular weight is 566 g/mol. The van der Waals surface area contributed by atoms with Crippen LogP contribution in [0.1, 0.15) is 47.8 Å². The summed E-state index contributed by atoms with van der Waals surface area (Å²) in [4.78, 5) is 33.5. The standard InChI is InChI=1S/C21H20F6N6O4S/c1-4-38(36,37)12-8-11-16(30-19(31(11)2)21(25,26)27)29-14(12)17(34)32(3)15-10(28)7-13(20(22,23)24)33(18(15)35)9-5-6-9/h7-9H,4-6,28H2,1-3H3. The summed E-state index contributed by atoms with van der Waals surface area (Å²) in [7, 11) is -2.33. The van der Waals surface area contributed by atoms with Crippen molar-refractivity contribution in [3.63, 3.8) is 0 Å². The molecule has 3 aromatic rings. The van der Waals surface area contributed by atoms with E-state index in [-0.39, 0.29) is 18.4 Å². The third-order valence-electron chi connectivity index (χ3n) is 6.10. The van der Waals surface area contributed by atoms with Crippen LogP contribution in [-0.2, 0) is 29.2 Å². The van der Waals surface area contributed by atoms with E-state index in [4.69, 9.17) is 5.73 Å². The lowest BCUT2D eigenvalue weighted by atomic mass is 10.2. The quantitative estimate of drug-likeness (QED) is 0.469. The zero-order valence-electron chi connectivity index (χ0n) is 20.0. The van der Waals surface area contributed by atoms with Gasteiger partial charge in [-0.25, -0.2) is 18.4 Å². The van der Waals surface area contributed by atoms with Gasteiger partial charge in [0.15, 0.2) is 15.5 Å². The van der Waals surface area contributed by atoms with Gasteiger partial charge in [-0.1, -0.05) is 6.92 Å². The molecule has 1 aliphatic carbocycles. The first kappa shape index (κ1) is 27.4. The highest BCUT2D eigenvalue weighted by atomic mass is 32.2. The van der Waals surface area contributed by atoms with Crippen LogP contribution in [0.2, 0.25) is 0 Å². The Balaban J connectivity index is 1.94. The fourth-order valence-electron chi connectivity index (χ4n) is 4.04. The highest BCUT2D eigenvalue weighted by Crippen LogP contribution is 2.41. The Morgan fingerprint density at radius 3 is 2.24 bits per heavy atom. The molecule has 0 aromatic carbocycles. The first-order valence-electron chi connectivity index (χ1n) is 11.0. The van der Waals surface area contributed by atoms with Crippen molar-refractivity contribution in [3.05, 3.63) is 39.7 Å². The molecular formula is C21H20F6N6O4S. The molecule has 0 atom stereocenters. The fourth-order valence-corrected chi connectivity index (χ4v) is 5.07. The van der Waals surface area contributed by atoms with Crippen LogP contribution in [0.4, 0.5) is 37.7 Å². The molecule has 0 unspecified atom stereocenters. The summed E-state index contributed by atoms with van der Waals surface area (Å²) in [6.07, 6.45) is -9.30. The molecule has 3 aromatic heterocycles. The summed E-state index contributed by atoms with van der Waals surface area (Å²) in [6.45, 7) is 1.23. The number of fused-ring (bicyclic) bond motifs is 1. The summed E-state index contributed by atoms with van der Waals surface area (Å²) in [5, 5.41) is 0. The normalized spacial score (nSPS) is 14.8. The molecule has 0 radical (unpaired) electrons. The van der Waals surface area contributed by atoms with E-state index < -0.39 is 84.6 Å². The van der Waals surface area contributed by atoms with Gasteiger partial charge in [0, 0.05) is 20.1 Å². The molecule has 38 heavy (non-hydrogen) atoms. The Labute approximate surface area is 210 Å². The van der Waals surface area contributed by atoms with Crippen LogP contribution in [0.25, 0.3) is 11.2 Å². The summed E-state index contributed by atoms with van der Waals surface area (Å²) >= 11 is 0. The number of sulfone groups is 1. The highest BCUT2D eigenvalue weighted by Gasteiger charge is 2.42. The van der Waals surface area contributed by atoms with Gasteiger partial charge in [-0.05, 0) is 25.0 Å². The lowest BCUT2D eigenvalue weighted by Crippen LogP contribution is -2.38. The van der Waals surface area contributed by atoms with Gasteiger partial charge in [-0.15, -0.1) is 0 Å². The van der Waals surface area contributed by atoms with Gasteiger partial charge in [0.2, 0.25) is 5.82 Å². The zero-order chi connectivity index (χ0) is 28.5. The molecule has 0 spiro atoms. The van der Waals surface area contributed by atoms with Crippen LogP contribution in [0, 0.1) is 0 Å². The molecule has 0 saturated heterocycles. The molecule has 1 amide bonds. The number of hydrogen-bond donors (Lipinski definition) is 1. The van der Waals surface area contributed by atoms with E-state index in [0.717, 1.165) is 20.2 Å². The van der Waals surface area contributed by atoms with Crippen LogP contribution < -0.4 is 16.2 Å². The highest BCUT2D eigenvalue weighted by molar-refractivity contribution is 7.91. The first-order chi connectivity index (χ1) is 17.4. The van der Waals surface area contributed by atoms with E-state index >= 15 is 0 Å². The number of hydrogen-bond acceptors (Lipinski definition) is 7. The second-order valence-electron chi connectivity index (χ2n) is 8.68. The van der Waals surface area contributed by atoms with Gasteiger partial charge >= 0.3 is 12.4 Å². The smallest absolute Gasteiger partial charge is 0.397 e. The SMILES string of the molecule is CCS(=O)(=O)c1cc2c(nc1C(=O)N(C)c1c(N)cc(C(F)(F)F)n(C3CC3)c1=O)nc(C(F)(F)F)n2C. The number of aromatic nitrogens is 4. The number of nitrogen functional groups attached to an aromatic ring is 1. The topological polar surface area (TPSA) is 133 Å². The van der Waals surface area contributed by atoms with E-state index in [1.165, 1.54) is 6.92 Å². The van der Waals surface area contributed by atoms with Crippen LogP contribution in [0.5, 0.6) is 0 Å². The lowest BCUT2D eigenvalue weighted by molar-refractivity contribution is -0.146. The Morgan fingerprint density at radius 2 is 1.74 bits per heavy atom. The van der Waals surface area contributed by atoms with Gasteiger partial charge in [0.05, 0.1) is 17.0 Å². The van der Waals surface area contributed by atoms with Gasteiger partial charge in [0.1, 0.15) is 22.0 Å². The molecule has 2 N–H and O–H groups in total. The number of alkyl halides is 6. The predicted octanol–water partition coefficient (Wildman–Crippen LogP) is 3.15. The number of nitrogens with two attached hydrogens (primary N) is 1. The van der Waals surface area contributed by atoms with E-state index in [2.05, 4.69) is 9.97 Å². The van der Waals surface area contributed by atoms with Crippen LogP contribution in [0.15, 0.2) is 21.8 Å².